The van der Waals surface area contributed by atoms with E-state index in [1.165, 1.54) is 32.6 Å². The molecule has 0 aliphatic rings. The van der Waals surface area contributed by atoms with E-state index in [1.807, 2.05) is 0 Å². The Hall–Kier alpha value is -1.20. The van der Waals surface area contributed by atoms with Crippen LogP contribution in [0.2, 0.25) is 0 Å². The summed E-state index contributed by atoms with van der Waals surface area (Å²) in [7, 11) is 2.93. The van der Waals surface area contributed by atoms with E-state index < -0.39 is 11.2 Å². The lowest BCUT2D eigenvalue weighted by molar-refractivity contribution is 0.351. The highest BCUT2D eigenvalue weighted by Crippen LogP contribution is 2.39. The second kappa shape index (κ2) is 5.84. The maximum absolute atomic E-state index is 14.1. The molecule has 6 heteroatoms. The van der Waals surface area contributed by atoms with Crippen LogP contribution in [0.25, 0.3) is 0 Å². The van der Waals surface area contributed by atoms with E-state index in [4.69, 9.17) is 25.5 Å². The number of rotatable bonds is 4. The summed E-state index contributed by atoms with van der Waals surface area (Å²) in [5, 5.41) is -0.687. The molecule has 0 amide bonds. The second-order valence-corrected chi connectivity index (χ2v) is 4.90. The number of hydrogen-bond donors (Lipinski definition) is 0. The fraction of sp³-hybridized carbons (Fsp3) is 0.231. The maximum Gasteiger partial charge on any atom is 0.173 e. The molecule has 2 aromatic rings. The van der Waals surface area contributed by atoms with Crippen molar-refractivity contribution in [2.45, 2.75) is 5.38 Å². The van der Waals surface area contributed by atoms with Crippen molar-refractivity contribution in [1.82, 2.24) is 0 Å². The van der Waals surface area contributed by atoms with Gasteiger partial charge in [-0.2, -0.15) is 0 Å². The van der Waals surface area contributed by atoms with Crippen LogP contribution in [0.15, 0.2) is 33.5 Å². The highest BCUT2D eigenvalue weighted by molar-refractivity contribution is 9.10. The second-order valence-electron chi connectivity index (χ2n) is 3.74. The maximum atomic E-state index is 14.1. The molecule has 1 unspecified atom stereocenters. The first-order chi connectivity index (χ1) is 9.08. The number of halogens is 3. The van der Waals surface area contributed by atoms with Gasteiger partial charge in [-0.1, -0.05) is 0 Å². The minimum Gasteiger partial charge on any atom is -0.493 e. The SMILES string of the molecule is COc1cc(F)c(C(Cl)c2ccoc2Br)cc1OC. The molecule has 3 nitrogen and oxygen atoms in total. The summed E-state index contributed by atoms with van der Waals surface area (Å²) in [5.41, 5.74) is 0.939. The van der Waals surface area contributed by atoms with Gasteiger partial charge >= 0.3 is 0 Å². The van der Waals surface area contributed by atoms with Crippen molar-refractivity contribution in [3.8, 4) is 11.5 Å². The van der Waals surface area contributed by atoms with Crippen LogP contribution in [0.1, 0.15) is 16.5 Å². The Morgan fingerprint density at radius 2 is 1.84 bits per heavy atom. The Bertz CT molecular complexity index is 585. The van der Waals surface area contributed by atoms with Gasteiger partial charge in [0, 0.05) is 17.2 Å². The molecule has 0 aliphatic carbocycles. The summed E-state index contributed by atoms with van der Waals surface area (Å²) in [4.78, 5) is 0. The highest BCUT2D eigenvalue weighted by Gasteiger charge is 2.22. The average Bonchev–Trinajstić information content (AvgIpc) is 2.83. The predicted molar refractivity (Wildman–Crippen MR) is 73.6 cm³/mol. The Kier molecular flexibility index (Phi) is 4.37. The molecule has 0 saturated heterocycles. The number of furan rings is 1. The minimum absolute atomic E-state index is 0.293. The molecule has 0 N–H and O–H groups in total. The van der Waals surface area contributed by atoms with Crippen molar-refractivity contribution in [2.75, 3.05) is 14.2 Å². The number of alkyl halides is 1. The van der Waals surface area contributed by atoms with E-state index in [-0.39, 0.29) is 0 Å². The van der Waals surface area contributed by atoms with Crippen molar-refractivity contribution in [2.24, 2.45) is 0 Å². The summed E-state index contributed by atoms with van der Waals surface area (Å²) in [6.07, 6.45) is 1.48. The standard InChI is InChI=1S/C13H11BrClFO3/c1-17-10-5-8(9(16)6-11(10)18-2)12(15)7-3-4-19-13(7)14/h3-6,12H,1-2H3. The van der Waals surface area contributed by atoms with Gasteiger partial charge in [-0.15, -0.1) is 11.6 Å². The average molecular weight is 350 g/mol. The molecule has 2 rings (SSSR count). The lowest BCUT2D eigenvalue weighted by atomic mass is 10.1. The van der Waals surface area contributed by atoms with Crippen LogP contribution in [0.5, 0.6) is 11.5 Å². The molecule has 19 heavy (non-hydrogen) atoms. The number of hydrogen-bond acceptors (Lipinski definition) is 3. The van der Waals surface area contributed by atoms with Gasteiger partial charge in [-0.25, -0.2) is 4.39 Å². The highest BCUT2D eigenvalue weighted by atomic mass is 79.9. The van der Waals surface area contributed by atoms with E-state index in [0.717, 1.165) is 0 Å². The van der Waals surface area contributed by atoms with Crippen molar-refractivity contribution in [3.63, 3.8) is 0 Å². The Balaban J connectivity index is 2.48. The van der Waals surface area contributed by atoms with E-state index in [0.29, 0.717) is 27.3 Å². The van der Waals surface area contributed by atoms with Crippen LogP contribution < -0.4 is 9.47 Å². The normalized spacial score (nSPS) is 12.3. The smallest absolute Gasteiger partial charge is 0.173 e. The first-order valence-corrected chi connectivity index (χ1v) is 6.59. The van der Waals surface area contributed by atoms with E-state index in [2.05, 4.69) is 15.9 Å². The molecular formula is C13H11BrClFO3. The van der Waals surface area contributed by atoms with E-state index >= 15 is 0 Å². The van der Waals surface area contributed by atoms with E-state index in [9.17, 15) is 4.39 Å². The summed E-state index contributed by atoms with van der Waals surface area (Å²) >= 11 is 9.50. The third-order valence-electron chi connectivity index (χ3n) is 2.70. The van der Waals surface area contributed by atoms with Crippen LogP contribution in [-0.2, 0) is 0 Å². The van der Waals surface area contributed by atoms with Crippen molar-refractivity contribution in [1.29, 1.82) is 0 Å². The van der Waals surface area contributed by atoms with Gasteiger partial charge < -0.3 is 13.9 Å². The molecule has 102 valence electrons. The molecule has 0 bridgehead atoms. The van der Waals surface area contributed by atoms with Crippen LogP contribution in [0, 0.1) is 5.82 Å². The number of methoxy groups -OCH3 is 2. The molecule has 0 fully saturated rings. The molecule has 0 spiro atoms. The lowest BCUT2D eigenvalue weighted by Gasteiger charge is -2.14. The Labute approximate surface area is 123 Å². The molecule has 1 aromatic heterocycles. The number of ether oxygens (including phenoxy) is 2. The lowest BCUT2D eigenvalue weighted by Crippen LogP contribution is -2.00. The Morgan fingerprint density at radius 3 is 2.37 bits per heavy atom. The zero-order chi connectivity index (χ0) is 14.0. The fourth-order valence-corrected chi connectivity index (χ4v) is 2.66. The predicted octanol–water partition coefficient (Wildman–Crippen LogP) is 4.53. The molecule has 1 heterocycles. The van der Waals surface area contributed by atoms with Crippen molar-refractivity contribution in [3.05, 3.63) is 46.1 Å². The number of benzene rings is 1. The van der Waals surface area contributed by atoms with Crippen LogP contribution >= 0.6 is 27.5 Å². The van der Waals surface area contributed by atoms with Gasteiger partial charge in [-0.05, 0) is 28.1 Å². The third-order valence-corrected chi connectivity index (χ3v) is 3.81. The third kappa shape index (κ3) is 2.72. The van der Waals surface area contributed by atoms with E-state index in [1.54, 1.807) is 6.07 Å². The molecule has 1 aromatic carbocycles. The van der Waals surface area contributed by atoms with Gasteiger partial charge in [0.15, 0.2) is 16.2 Å². The van der Waals surface area contributed by atoms with Gasteiger partial charge in [0.2, 0.25) is 0 Å². The van der Waals surface area contributed by atoms with Gasteiger partial charge in [0.05, 0.1) is 25.9 Å². The summed E-state index contributed by atoms with van der Waals surface area (Å²) in [6.45, 7) is 0. The largest absolute Gasteiger partial charge is 0.493 e. The molecule has 0 aliphatic heterocycles. The van der Waals surface area contributed by atoms with Crippen LogP contribution in [-0.4, -0.2) is 14.2 Å². The quantitative estimate of drug-likeness (QED) is 0.760. The molecular weight excluding hydrogens is 338 g/mol. The topological polar surface area (TPSA) is 31.6 Å². The molecule has 0 radical (unpaired) electrons. The van der Waals surface area contributed by atoms with Crippen LogP contribution in [0.4, 0.5) is 4.39 Å². The Morgan fingerprint density at radius 1 is 1.21 bits per heavy atom. The summed E-state index contributed by atoms with van der Waals surface area (Å²) < 4.78 is 29.8. The van der Waals surface area contributed by atoms with Crippen molar-refractivity contribution < 1.29 is 18.3 Å². The minimum atomic E-state index is -0.687. The molecule has 0 saturated carbocycles. The monoisotopic (exact) mass is 348 g/mol. The van der Waals surface area contributed by atoms with Crippen LogP contribution in [0.3, 0.4) is 0 Å². The fourth-order valence-electron chi connectivity index (χ4n) is 1.72. The summed E-state index contributed by atoms with van der Waals surface area (Å²) in [6, 6.07) is 4.45. The van der Waals surface area contributed by atoms with Gasteiger partial charge in [0.1, 0.15) is 5.82 Å². The first kappa shape index (κ1) is 14.2. The zero-order valence-corrected chi connectivity index (χ0v) is 12.6. The first-order valence-electron chi connectivity index (χ1n) is 5.36. The van der Waals surface area contributed by atoms with Crippen molar-refractivity contribution >= 4 is 27.5 Å². The van der Waals surface area contributed by atoms with Gasteiger partial charge in [-0.3, -0.25) is 0 Å². The summed E-state index contributed by atoms with van der Waals surface area (Å²) in [5.74, 6) is 0.272. The molecule has 1 atom stereocenters. The van der Waals surface area contributed by atoms with Gasteiger partial charge in [0.25, 0.3) is 0 Å². The zero-order valence-electron chi connectivity index (χ0n) is 10.2.